The van der Waals surface area contributed by atoms with Gasteiger partial charge in [-0.05, 0) is 13.8 Å². The monoisotopic (exact) mass is 237 g/mol. The molecule has 17 heavy (non-hydrogen) atoms. The molecule has 1 aromatic heterocycles. The summed E-state index contributed by atoms with van der Waals surface area (Å²) < 4.78 is 5.60. The van der Waals surface area contributed by atoms with Crippen LogP contribution in [0, 0.1) is 0 Å². The van der Waals surface area contributed by atoms with Crippen molar-refractivity contribution in [2.24, 2.45) is 0 Å². The number of nitrogens with one attached hydrogen (secondary N) is 1. The van der Waals surface area contributed by atoms with Gasteiger partial charge in [-0.3, -0.25) is 0 Å². The zero-order valence-corrected chi connectivity index (χ0v) is 10.5. The molecule has 0 spiro atoms. The van der Waals surface area contributed by atoms with E-state index < -0.39 is 0 Å². The first-order chi connectivity index (χ1) is 8.10. The second-order valence-corrected chi connectivity index (χ2v) is 4.36. The largest absolute Gasteiger partial charge is 0.375 e. The van der Waals surface area contributed by atoms with Crippen LogP contribution in [0.15, 0.2) is 6.07 Å². The maximum atomic E-state index is 5.70. The molecule has 1 fully saturated rings. The van der Waals surface area contributed by atoms with Gasteiger partial charge in [-0.1, -0.05) is 0 Å². The van der Waals surface area contributed by atoms with Crippen molar-refractivity contribution in [3.05, 3.63) is 6.07 Å². The fourth-order valence-corrected chi connectivity index (χ4v) is 1.95. The van der Waals surface area contributed by atoms with Gasteiger partial charge in [0.2, 0.25) is 5.95 Å². The van der Waals surface area contributed by atoms with Crippen LogP contribution in [0.1, 0.15) is 13.8 Å². The van der Waals surface area contributed by atoms with Crippen molar-refractivity contribution in [1.82, 2.24) is 9.97 Å². The molecule has 6 heteroatoms. The second kappa shape index (κ2) is 4.75. The van der Waals surface area contributed by atoms with Gasteiger partial charge in [0.15, 0.2) is 0 Å². The van der Waals surface area contributed by atoms with Crippen molar-refractivity contribution in [1.29, 1.82) is 0 Å². The minimum atomic E-state index is 0.209. The third-order valence-electron chi connectivity index (χ3n) is 2.89. The summed E-state index contributed by atoms with van der Waals surface area (Å²) in [4.78, 5) is 10.6. The third kappa shape index (κ3) is 2.58. The lowest BCUT2D eigenvalue weighted by Gasteiger charge is -2.37. The van der Waals surface area contributed by atoms with E-state index in [-0.39, 0.29) is 12.1 Å². The molecule has 6 nitrogen and oxygen atoms in total. The molecule has 2 unspecified atom stereocenters. The summed E-state index contributed by atoms with van der Waals surface area (Å²) in [7, 11) is 1.82. The van der Waals surface area contributed by atoms with Gasteiger partial charge in [0, 0.05) is 19.7 Å². The molecule has 1 aliphatic heterocycles. The quantitative estimate of drug-likeness (QED) is 0.789. The molecule has 94 valence electrons. The highest BCUT2D eigenvalue weighted by atomic mass is 16.5. The zero-order chi connectivity index (χ0) is 12.4. The van der Waals surface area contributed by atoms with Crippen LogP contribution < -0.4 is 16.0 Å². The molecular weight excluding hydrogens is 218 g/mol. The molecular formula is C11H19N5O. The first kappa shape index (κ1) is 11.9. The average molecular weight is 237 g/mol. The molecule has 0 aromatic carbocycles. The summed E-state index contributed by atoms with van der Waals surface area (Å²) in [6.45, 7) is 5.70. The molecule has 2 atom stereocenters. The lowest BCUT2D eigenvalue weighted by Crippen LogP contribution is -2.47. The van der Waals surface area contributed by atoms with Gasteiger partial charge in [0.05, 0.1) is 18.8 Å². The highest BCUT2D eigenvalue weighted by Gasteiger charge is 2.25. The van der Waals surface area contributed by atoms with Crippen molar-refractivity contribution in [2.75, 3.05) is 36.1 Å². The van der Waals surface area contributed by atoms with E-state index in [1.807, 2.05) is 13.1 Å². The minimum Gasteiger partial charge on any atom is -0.375 e. The van der Waals surface area contributed by atoms with E-state index in [1.54, 1.807) is 0 Å². The number of morpholine rings is 1. The van der Waals surface area contributed by atoms with E-state index in [4.69, 9.17) is 10.5 Å². The SMILES string of the molecule is CNc1cc(N2CC(C)OCC2C)nc(N)n1. The number of ether oxygens (including phenoxy) is 1. The summed E-state index contributed by atoms with van der Waals surface area (Å²) in [5, 5.41) is 2.98. The van der Waals surface area contributed by atoms with Gasteiger partial charge in [-0.25, -0.2) is 0 Å². The summed E-state index contributed by atoms with van der Waals surface area (Å²) >= 11 is 0. The summed E-state index contributed by atoms with van der Waals surface area (Å²) in [6, 6.07) is 2.20. The van der Waals surface area contributed by atoms with Crippen LogP contribution in [-0.2, 0) is 4.74 Å². The Balaban J connectivity index is 2.28. The molecule has 0 radical (unpaired) electrons. The highest BCUT2D eigenvalue weighted by molar-refractivity contribution is 5.53. The van der Waals surface area contributed by atoms with Gasteiger partial charge in [-0.15, -0.1) is 0 Å². The lowest BCUT2D eigenvalue weighted by molar-refractivity contribution is 0.0340. The number of nitrogen functional groups attached to an aromatic ring is 1. The Morgan fingerprint density at radius 1 is 1.47 bits per heavy atom. The zero-order valence-electron chi connectivity index (χ0n) is 10.5. The van der Waals surface area contributed by atoms with E-state index in [0.29, 0.717) is 12.6 Å². The molecule has 3 N–H and O–H groups in total. The second-order valence-electron chi connectivity index (χ2n) is 4.36. The standard InChI is InChI=1S/C11H19N5O/c1-7-6-17-8(2)5-16(7)10-4-9(13-3)14-11(12)15-10/h4,7-8H,5-6H2,1-3H3,(H3,12,13,14,15). The average Bonchev–Trinajstić information content (AvgIpc) is 2.31. The Morgan fingerprint density at radius 3 is 2.94 bits per heavy atom. The Labute approximate surface area is 101 Å². The number of anilines is 3. The normalized spacial score (nSPS) is 24.8. The Kier molecular flexibility index (Phi) is 3.33. The van der Waals surface area contributed by atoms with Crippen LogP contribution in [0.3, 0.4) is 0 Å². The molecule has 2 heterocycles. The summed E-state index contributed by atoms with van der Waals surface area (Å²) in [6.07, 6.45) is 0.209. The molecule has 0 saturated carbocycles. The van der Waals surface area contributed by atoms with Crippen LogP contribution >= 0.6 is 0 Å². The van der Waals surface area contributed by atoms with Crippen molar-refractivity contribution in [3.8, 4) is 0 Å². The van der Waals surface area contributed by atoms with E-state index in [9.17, 15) is 0 Å². The number of nitrogens with two attached hydrogens (primary N) is 1. The van der Waals surface area contributed by atoms with Gasteiger partial charge in [0.25, 0.3) is 0 Å². The van der Waals surface area contributed by atoms with Crippen LogP contribution in [0.4, 0.5) is 17.6 Å². The Morgan fingerprint density at radius 2 is 2.24 bits per heavy atom. The van der Waals surface area contributed by atoms with Crippen LogP contribution in [0.2, 0.25) is 0 Å². The minimum absolute atomic E-state index is 0.209. The Bertz CT molecular complexity index is 397. The van der Waals surface area contributed by atoms with Gasteiger partial charge < -0.3 is 20.7 Å². The summed E-state index contributed by atoms with van der Waals surface area (Å²) in [5.74, 6) is 1.88. The van der Waals surface area contributed by atoms with E-state index in [0.717, 1.165) is 18.2 Å². The van der Waals surface area contributed by atoms with E-state index in [2.05, 4.69) is 34.0 Å². The molecule has 1 aromatic rings. The number of hydrogen-bond donors (Lipinski definition) is 2. The van der Waals surface area contributed by atoms with Crippen molar-refractivity contribution in [3.63, 3.8) is 0 Å². The molecule has 0 aliphatic carbocycles. The van der Waals surface area contributed by atoms with Crippen molar-refractivity contribution < 1.29 is 4.74 Å². The fourth-order valence-electron chi connectivity index (χ4n) is 1.95. The number of aromatic nitrogens is 2. The van der Waals surface area contributed by atoms with E-state index >= 15 is 0 Å². The first-order valence-electron chi connectivity index (χ1n) is 5.80. The van der Waals surface area contributed by atoms with Crippen LogP contribution in [0.25, 0.3) is 0 Å². The molecule has 0 bridgehead atoms. The predicted octanol–water partition coefficient (Wildman–Crippen LogP) is 0.714. The predicted molar refractivity (Wildman–Crippen MR) is 68.2 cm³/mol. The molecule has 0 amide bonds. The van der Waals surface area contributed by atoms with Gasteiger partial charge in [0.1, 0.15) is 11.6 Å². The lowest BCUT2D eigenvalue weighted by atomic mass is 10.2. The molecule has 1 aliphatic rings. The van der Waals surface area contributed by atoms with Crippen molar-refractivity contribution >= 4 is 17.6 Å². The number of nitrogens with zero attached hydrogens (tertiary/aromatic N) is 3. The maximum Gasteiger partial charge on any atom is 0.223 e. The molecule has 2 rings (SSSR count). The third-order valence-corrected chi connectivity index (χ3v) is 2.89. The van der Waals surface area contributed by atoms with Gasteiger partial charge in [-0.2, -0.15) is 9.97 Å². The van der Waals surface area contributed by atoms with Gasteiger partial charge >= 0.3 is 0 Å². The smallest absolute Gasteiger partial charge is 0.223 e. The van der Waals surface area contributed by atoms with Crippen molar-refractivity contribution in [2.45, 2.75) is 26.0 Å². The fraction of sp³-hybridized carbons (Fsp3) is 0.636. The number of rotatable bonds is 2. The van der Waals surface area contributed by atoms with Crippen LogP contribution in [-0.4, -0.2) is 42.3 Å². The maximum absolute atomic E-state index is 5.70. The topological polar surface area (TPSA) is 76.3 Å². The van der Waals surface area contributed by atoms with Crippen LogP contribution in [0.5, 0.6) is 0 Å². The summed E-state index contributed by atoms with van der Waals surface area (Å²) in [5.41, 5.74) is 5.70. The number of hydrogen-bond acceptors (Lipinski definition) is 6. The Hall–Kier alpha value is -1.56. The first-order valence-corrected chi connectivity index (χ1v) is 5.80. The highest BCUT2D eigenvalue weighted by Crippen LogP contribution is 2.22. The molecule has 1 saturated heterocycles. The van der Waals surface area contributed by atoms with E-state index in [1.165, 1.54) is 0 Å².